The standard InChI is InChI=1S/C12H12N6S/c1-7-14-4-9(11(13)16-7)12-17-10(6-19-12)8-3-15-18(2)5-8/h3-6H,1-2H3,(H2,13,14,16). The Bertz CT molecular complexity index is 729. The maximum Gasteiger partial charge on any atom is 0.137 e. The van der Waals surface area contributed by atoms with E-state index < -0.39 is 0 Å². The first-order valence-corrected chi connectivity index (χ1v) is 6.55. The quantitative estimate of drug-likeness (QED) is 0.770. The Balaban J connectivity index is 2.01. The summed E-state index contributed by atoms with van der Waals surface area (Å²) in [4.78, 5) is 12.9. The van der Waals surface area contributed by atoms with Crippen LogP contribution in [0.5, 0.6) is 0 Å². The van der Waals surface area contributed by atoms with Crippen LogP contribution in [0, 0.1) is 6.92 Å². The molecule has 3 aromatic rings. The molecule has 0 aromatic carbocycles. The lowest BCUT2D eigenvalue weighted by Crippen LogP contribution is -1.97. The lowest BCUT2D eigenvalue weighted by atomic mass is 10.3. The Morgan fingerprint density at radius 2 is 2.11 bits per heavy atom. The van der Waals surface area contributed by atoms with E-state index >= 15 is 0 Å². The van der Waals surface area contributed by atoms with Gasteiger partial charge in [0.25, 0.3) is 0 Å². The van der Waals surface area contributed by atoms with Crippen molar-refractivity contribution in [1.29, 1.82) is 0 Å². The summed E-state index contributed by atoms with van der Waals surface area (Å²) in [6.07, 6.45) is 5.42. The van der Waals surface area contributed by atoms with E-state index in [2.05, 4.69) is 20.1 Å². The van der Waals surface area contributed by atoms with Crippen molar-refractivity contribution < 1.29 is 0 Å². The molecule has 0 spiro atoms. The van der Waals surface area contributed by atoms with Crippen LogP contribution in [0.1, 0.15) is 5.82 Å². The third-order valence-electron chi connectivity index (χ3n) is 2.67. The Morgan fingerprint density at radius 3 is 2.79 bits per heavy atom. The minimum absolute atomic E-state index is 0.458. The highest BCUT2D eigenvalue weighted by atomic mass is 32.1. The van der Waals surface area contributed by atoms with Crippen LogP contribution in [0.2, 0.25) is 0 Å². The zero-order valence-electron chi connectivity index (χ0n) is 10.5. The molecule has 3 rings (SSSR count). The van der Waals surface area contributed by atoms with E-state index in [-0.39, 0.29) is 0 Å². The number of rotatable bonds is 2. The first-order valence-electron chi connectivity index (χ1n) is 5.67. The summed E-state index contributed by atoms with van der Waals surface area (Å²) < 4.78 is 1.75. The van der Waals surface area contributed by atoms with Crippen LogP contribution in [-0.2, 0) is 7.05 Å². The van der Waals surface area contributed by atoms with Gasteiger partial charge in [-0.25, -0.2) is 15.0 Å². The number of nitrogens with two attached hydrogens (primary N) is 1. The van der Waals surface area contributed by atoms with Crippen molar-refractivity contribution in [1.82, 2.24) is 24.7 Å². The molecule has 0 saturated carbocycles. The number of hydrogen-bond acceptors (Lipinski definition) is 6. The highest BCUT2D eigenvalue weighted by Crippen LogP contribution is 2.30. The summed E-state index contributed by atoms with van der Waals surface area (Å²) in [6.45, 7) is 1.81. The van der Waals surface area contributed by atoms with Crippen LogP contribution in [0.15, 0.2) is 24.0 Å². The maximum absolute atomic E-state index is 5.90. The molecule has 0 atom stereocenters. The lowest BCUT2D eigenvalue weighted by molar-refractivity contribution is 0.768. The van der Waals surface area contributed by atoms with Crippen molar-refractivity contribution in [2.24, 2.45) is 7.05 Å². The van der Waals surface area contributed by atoms with Gasteiger partial charge < -0.3 is 5.73 Å². The summed E-state index contributed by atoms with van der Waals surface area (Å²) in [5, 5.41) is 6.93. The van der Waals surface area contributed by atoms with E-state index in [1.807, 2.05) is 25.5 Å². The molecule has 7 heteroatoms. The molecular weight excluding hydrogens is 260 g/mol. The number of thiazole rings is 1. The van der Waals surface area contributed by atoms with Gasteiger partial charge in [0.2, 0.25) is 0 Å². The van der Waals surface area contributed by atoms with E-state index in [4.69, 9.17) is 5.73 Å². The molecule has 0 bridgehead atoms. The minimum Gasteiger partial charge on any atom is -0.383 e. The monoisotopic (exact) mass is 272 g/mol. The molecule has 96 valence electrons. The normalized spacial score (nSPS) is 10.8. The number of nitrogens with zero attached hydrogens (tertiary/aromatic N) is 5. The fourth-order valence-electron chi connectivity index (χ4n) is 1.74. The Hall–Kier alpha value is -2.28. The second kappa shape index (κ2) is 4.43. The zero-order chi connectivity index (χ0) is 13.4. The summed E-state index contributed by atoms with van der Waals surface area (Å²) in [5.41, 5.74) is 8.54. The molecule has 0 aliphatic heterocycles. The second-order valence-corrected chi connectivity index (χ2v) is 5.01. The smallest absolute Gasteiger partial charge is 0.137 e. The highest BCUT2D eigenvalue weighted by Gasteiger charge is 2.11. The van der Waals surface area contributed by atoms with Crippen molar-refractivity contribution in [3.05, 3.63) is 29.8 Å². The van der Waals surface area contributed by atoms with E-state index in [1.165, 1.54) is 11.3 Å². The summed E-state index contributed by atoms with van der Waals surface area (Å²) in [6, 6.07) is 0. The molecule has 3 heterocycles. The van der Waals surface area contributed by atoms with Gasteiger partial charge in [-0.2, -0.15) is 5.10 Å². The lowest BCUT2D eigenvalue weighted by Gasteiger charge is -2.00. The molecule has 3 aromatic heterocycles. The predicted molar refractivity (Wildman–Crippen MR) is 74.5 cm³/mol. The van der Waals surface area contributed by atoms with E-state index in [1.54, 1.807) is 17.1 Å². The first-order chi connectivity index (χ1) is 9.13. The van der Waals surface area contributed by atoms with Crippen molar-refractivity contribution >= 4 is 17.2 Å². The van der Waals surface area contributed by atoms with Crippen molar-refractivity contribution in [3.63, 3.8) is 0 Å². The number of aryl methyl sites for hydroxylation is 2. The minimum atomic E-state index is 0.458. The highest BCUT2D eigenvalue weighted by molar-refractivity contribution is 7.13. The van der Waals surface area contributed by atoms with Crippen LogP contribution in [0.4, 0.5) is 5.82 Å². The molecule has 0 amide bonds. The topological polar surface area (TPSA) is 82.5 Å². The average molecular weight is 272 g/mol. The molecule has 0 aliphatic rings. The molecule has 19 heavy (non-hydrogen) atoms. The van der Waals surface area contributed by atoms with Crippen molar-refractivity contribution in [2.75, 3.05) is 5.73 Å². The van der Waals surface area contributed by atoms with Gasteiger partial charge in [-0.15, -0.1) is 11.3 Å². The van der Waals surface area contributed by atoms with Crippen molar-refractivity contribution in [2.45, 2.75) is 6.92 Å². The van der Waals surface area contributed by atoms with Crippen LogP contribution < -0.4 is 5.73 Å². The van der Waals surface area contributed by atoms with Gasteiger partial charge in [-0.05, 0) is 6.92 Å². The Morgan fingerprint density at radius 1 is 1.26 bits per heavy atom. The fraction of sp³-hybridized carbons (Fsp3) is 0.167. The molecule has 0 fully saturated rings. The first kappa shape index (κ1) is 11.8. The predicted octanol–water partition coefficient (Wildman–Crippen LogP) is 1.89. The third-order valence-corrected chi connectivity index (χ3v) is 3.55. The molecule has 0 saturated heterocycles. The van der Waals surface area contributed by atoms with E-state index in [0.29, 0.717) is 11.6 Å². The van der Waals surface area contributed by atoms with Crippen LogP contribution in [-0.4, -0.2) is 24.7 Å². The third kappa shape index (κ3) is 2.19. The largest absolute Gasteiger partial charge is 0.383 e. The van der Waals surface area contributed by atoms with Gasteiger partial charge in [0, 0.05) is 30.4 Å². The number of anilines is 1. The van der Waals surface area contributed by atoms with Gasteiger partial charge in [0.1, 0.15) is 16.6 Å². The Kier molecular flexibility index (Phi) is 2.75. The number of hydrogen-bond donors (Lipinski definition) is 1. The number of aromatic nitrogens is 5. The summed E-state index contributed by atoms with van der Waals surface area (Å²) in [5.74, 6) is 1.12. The van der Waals surface area contributed by atoms with Gasteiger partial charge in [0.05, 0.1) is 17.5 Å². The average Bonchev–Trinajstić information content (AvgIpc) is 2.97. The fourth-order valence-corrected chi connectivity index (χ4v) is 2.58. The van der Waals surface area contributed by atoms with Crippen LogP contribution >= 0.6 is 11.3 Å². The molecular formula is C12H12N6S. The second-order valence-electron chi connectivity index (χ2n) is 4.16. The zero-order valence-corrected chi connectivity index (χ0v) is 11.3. The van der Waals surface area contributed by atoms with E-state index in [0.717, 1.165) is 21.8 Å². The van der Waals surface area contributed by atoms with Crippen molar-refractivity contribution in [3.8, 4) is 21.8 Å². The molecule has 2 N–H and O–H groups in total. The van der Waals surface area contributed by atoms with E-state index in [9.17, 15) is 0 Å². The van der Waals surface area contributed by atoms with Gasteiger partial charge in [-0.3, -0.25) is 4.68 Å². The molecule has 0 radical (unpaired) electrons. The molecule has 0 aliphatic carbocycles. The van der Waals surface area contributed by atoms with Crippen LogP contribution in [0.25, 0.3) is 21.8 Å². The van der Waals surface area contributed by atoms with Gasteiger partial charge in [0.15, 0.2) is 0 Å². The Labute approximate surface area is 114 Å². The molecule has 0 unspecified atom stereocenters. The maximum atomic E-state index is 5.90. The summed E-state index contributed by atoms with van der Waals surface area (Å²) >= 11 is 1.52. The van der Waals surface area contributed by atoms with Gasteiger partial charge >= 0.3 is 0 Å². The van der Waals surface area contributed by atoms with Gasteiger partial charge in [-0.1, -0.05) is 0 Å². The number of nitrogen functional groups attached to an aromatic ring is 1. The summed E-state index contributed by atoms with van der Waals surface area (Å²) in [7, 11) is 1.88. The SMILES string of the molecule is Cc1ncc(-c2nc(-c3cnn(C)c3)cs2)c(N)n1. The van der Waals surface area contributed by atoms with Crippen LogP contribution in [0.3, 0.4) is 0 Å². The molecule has 6 nitrogen and oxygen atoms in total.